The predicted molar refractivity (Wildman–Crippen MR) is 55.3 cm³/mol. The van der Waals surface area contributed by atoms with Crippen molar-refractivity contribution in [2.24, 2.45) is 10.7 Å². The molecule has 2 rings (SSSR count). The molecule has 1 aliphatic rings. The van der Waals surface area contributed by atoms with Crippen LogP contribution >= 0.6 is 0 Å². The Bertz CT molecular complexity index is 414. The Morgan fingerprint density at radius 3 is 2.54 bits per heavy atom. The summed E-state index contributed by atoms with van der Waals surface area (Å²) in [5.74, 6) is 0. The number of rotatable bonds is 1. The van der Waals surface area contributed by atoms with Crippen LogP contribution in [0.15, 0.2) is 48.2 Å². The number of allylic oxidation sites excluding steroid dienone is 1. The van der Waals surface area contributed by atoms with Gasteiger partial charge in [-0.15, -0.1) is 0 Å². The summed E-state index contributed by atoms with van der Waals surface area (Å²) in [6, 6.07) is 8.05. The average molecular weight is 170 g/mol. The van der Waals surface area contributed by atoms with Gasteiger partial charge in [0.15, 0.2) is 0 Å². The molecule has 1 aromatic carbocycles. The molecule has 0 saturated heterocycles. The third kappa shape index (κ3) is 0.991. The number of nitrogens with zero attached hydrogens (tertiary/aromatic N) is 1. The van der Waals surface area contributed by atoms with Gasteiger partial charge in [0.25, 0.3) is 0 Å². The number of hydrogen-bond acceptors (Lipinski definition) is 2. The van der Waals surface area contributed by atoms with Crippen molar-refractivity contribution in [3.05, 3.63) is 54.4 Å². The normalized spacial score (nSPS) is 19.7. The maximum Gasteiger partial charge on any atom is 0.0800 e. The zero-order valence-corrected chi connectivity index (χ0v) is 7.20. The topological polar surface area (TPSA) is 38.4 Å². The lowest BCUT2D eigenvalue weighted by molar-refractivity contribution is 1.44. The molecule has 2 N–H and O–H groups in total. The van der Waals surface area contributed by atoms with Crippen molar-refractivity contribution in [3.8, 4) is 0 Å². The average Bonchev–Trinajstić information content (AvgIpc) is 2.16. The predicted octanol–water partition coefficient (Wildman–Crippen LogP) is 1.93. The molecule has 0 atom stereocenters. The lowest BCUT2D eigenvalue weighted by Gasteiger charge is -2.23. The minimum Gasteiger partial charge on any atom is -0.404 e. The first kappa shape index (κ1) is 7.80. The molecular formula is C11H10N2. The van der Waals surface area contributed by atoms with Crippen molar-refractivity contribution in [1.82, 2.24) is 0 Å². The lowest BCUT2D eigenvalue weighted by atomic mass is 9.81. The zero-order valence-electron chi connectivity index (χ0n) is 7.20. The molecule has 0 fully saturated rings. The molecular weight excluding hydrogens is 160 g/mol. The molecule has 0 unspecified atom stereocenters. The van der Waals surface area contributed by atoms with Crippen molar-refractivity contribution >= 4 is 11.3 Å². The minimum absolute atomic E-state index is 0.938. The summed E-state index contributed by atoms with van der Waals surface area (Å²) in [6.07, 6.45) is 3.12. The van der Waals surface area contributed by atoms with Crippen LogP contribution in [0.3, 0.4) is 0 Å². The first-order valence-corrected chi connectivity index (χ1v) is 4.09. The van der Waals surface area contributed by atoms with E-state index in [4.69, 9.17) is 5.73 Å². The van der Waals surface area contributed by atoms with Crippen LogP contribution in [0.5, 0.6) is 0 Å². The molecule has 0 aromatic heterocycles. The van der Waals surface area contributed by atoms with Crippen LogP contribution in [-0.4, -0.2) is 5.71 Å². The molecule has 0 bridgehead atoms. The molecule has 0 saturated carbocycles. The van der Waals surface area contributed by atoms with E-state index >= 15 is 0 Å². The highest BCUT2D eigenvalue weighted by atomic mass is 14.7. The van der Waals surface area contributed by atoms with Crippen molar-refractivity contribution in [2.45, 2.75) is 0 Å². The molecule has 0 amide bonds. The third-order valence-corrected chi connectivity index (χ3v) is 2.11. The molecule has 0 radical (unpaired) electrons. The van der Waals surface area contributed by atoms with Gasteiger partial charge >= 0.3 is 0 Å². The SMILES string of the molecule is C=CN=C1/C(=C\N)c2ccccc21. The largest absolute Gasteiger partial charge is 0.404 e. The first-order valence-electron chi connectivity index (χ1n) is 4.09. The maximum atomic E-state index is 5.49. The Balaban J connectivity index is 2.59. The molecule has 0 spiro atoms. The van der Waals surface area contributed by atoms with Gasteiger partial charge in [0, 0.05) is 23.5 Å². The number of fused-ring (bicyclic) bond motifs is 1. The maximum absolute atomic E-state index is 5.49. The Morgan fingerprint density at radius 1 is 1.23 bits per heavy atom. The molecule has 2 heteroatoms. The van der Waals surface area contributed by atoms with Crippen LogP contribution in [-0.2, 0) is 0 Å². The number of nitrogens with two attached hydrogens (primary N) is 1. The Hall–Kier alpha value is -1.83. The summed E-state index contributed by atoms with van der Waals surface area (Å²) in [5, 5.41) is 0. The van der Waals surface area contributed by atoms with Crippen molar-refractivity contribution in [3.63, 3.8) is 0 Å². The van der Waals surface area contributed by atoms with E-state index in [1.165, 1.54) is 11.8 Å². The van der Waals surface area contributed by atoms with Gasteiger partial charge in [0.2, 0.25) is 0 Å². The van der Waals surface area contributed by atoms with E-state index in [1.807, 2.05) is 24.3 Å². The highest BCUT2D eigenvalue weighted by Crippen LogP contribution is 2.33. The molecule has 0 heterocycles. The van der Waals surface area contributed by atoms with E-state index in [0.29, 0.717) is 0 Å². The molecule has 64 valence electrons. The number of benzene rings is 1. The van der Waals surface area contributed by atoms with E-state index in [2.05, 4.69) is 11.6 Å². The van der Waals surface area contributed by atoms with E-state index in [0.717, 1.165) is 16.8 Å². The molecule has 1 aliphatic carbocycles. The fourth-order valence-electron chi connectivity index (χ4n) is 1.53. The van der Waals surface area contributed by atoms with Gasteiger partial charge in [-0.1, -0.05) is 30.8 Å². The highest BCUT2D eigenvalue weighted by Gasteiger charge is 2.25. The van der Waals surface area contributed by atoms with Gasteiger partial charge in [0.1, 0.15) is 0 Å². The summed E-state index contributed by atoms with van der Waals surface area (Å²) in [6.45, 7) is 3.57. The molecule has 2 nitrogen and oxygen atoms in total. The summed E-state index contributed by atoms with van der Waals surface area (Å²) >= 11 is 0. The number of aliphatic imine (C=N–C) groups is 1. The van der Waals surface area contributed by atoms with E-state index < -0.39 is 0 Å². The Morgan fingerprint density at radius 2 is 1.92 bits per heavy atom. The monoisotopic (exact) mass is 170 g/mol. The molecule has 13 heavy (non-hydrogen) atoms. The fraction of sp³-hybridized carbons (Fsp3) is 0. The second kappa shape index (κ2) is 2.90. The van der Waals surface area contributed by atoms with Crippen LogP contribution in [0.4, 0.5) is 0 Å². The molecule has 0 aliphatic heterocycles. The zero-order chi connectivity index (χ0) is 9.26. The van der Waals surface area contributed by atoms with E-state index in [-0.39, 0.29) is 0 Å². The van der Waals surface area contributed by atoms with Crippen molar-refractivity contribution < 1.29 is 0 Å². The second-order valence-electron chi connectivity index (χ2n) is 2.79. The number of hydrogen-bond donors (Lipinski definition) is 1. The highest BCUT2D eigenvalue weighted by molar-refractivity contribution is 6.41. The van der Waals surface area contributed by atoms with Crippen LogP contribution in [0, 0.1) is 0 Å². The quantitative estimate of drug-likeness (QED) is 0.687. The summed E-state index contributed by atoms with van der Waals surface area (Å²) < 4.78 is 0. The first-order chi connectivity index (χ1) is 6.38. The third-order valence-electron chi connectivity index (χ3n) is 2.11. The van der Waals surface area contributed by atoms with Gasteiger partial charge in [-0.2, -0.15) is 0 Å². The van der Waals surface area contributed by atoms with Gasteiger partial charge in [-0.05, 0) is 5.56 Å². The smallest absolute Gasteiger partial charge is 0.0800 e. The minimum atomic E-state index is 0.938. The second-order valence-corrected chi connectivity index (χ2v) is 2.79. The van der Waals surface area contributed by atoms with Crippen molar-refractivity contribution in [2.75, 3.05) is 0 Å². The van der Waals surface area contributed by atoms with Crippen LogP contribution in [0.25, 0.3) is 5.57 Å². The van der Waals surface area contributed by atoms with Crippen LogP contribution < -0.4 is 5.73 Å². The summed E-state index contributed by atoms with van der Waals surface area (Å²) in [4.78, 5) is 4.16. The van der Waals surface area contributed by atoms with Crippen molar-refractivity contribution in [1.29, 1.82) is 0 Å². The Labute approximate surface area is 77.1 Å². The van der Waals surface area contributed by atoms with Crippen LogP contribution in [0.2, 0.25) is 0 Å². The van der Waals surface area contributed by atoms with Gasteiger partial charge in [0.05, 0.1) is 5.71 Å². The van der Waals surface area contributed by atoms with Gasteiger partial charge in [-0.25, -0.2) is 0 Å². The standard InChI is InChI=1S/C11H10N2/c1-2-13-11-9-6-4-3-5-8(9)10(11)7-12/h2-7H,1,12H2/b10-7-,13-11?. The summed E-state index contributed by atoms with van der Waals surface area (Å²) in [7, 11) is 0. The lowest BCUT2D eigenvalue weighted by Crippen LogP contribution is -2.19. The Kier molecular flexibility index (Phi) is 1.74. The van der Waals surface area contributed by atoms with Crippen LogP contribution in [0.1, 0.15) is 11.1 Å². The van der Waals surface area contributed by atoms with E-state index in [1.54, 1.807) is 6.20 Å². The summed E-state index contributed by atoms with van der Waals surface area (Å²) in [5.41, 5.74) is 9.76. The fourth-order valence-corrected chi connectivity index (χ4v) is 1.53. The molecule has 1 aromatic rings. The van der Waals surface area contributed by atoms with E-state index in [9.17, 15) is 0 Å². The van der Waals surface area contributed by atoms with Gasteiger partial charge in [-0.3, -0.25) is 4.99 Å². The van der Waals surface area contributed by atoms with Gasteiger partial charge < -0.3 is 5.73 Å².